The Hall–Kier alpha value is -0.160. The lowest BCUT2D eigenvalue weighted by atomic mass is 9.83. The van der Waals surface area contributed by atoms with Gasteiger partial charge in [0.15, 0.2) is 0 Å². The third kappa shape index (κ3) is 5.51. The van der Waals surface area contributed by atoms with Crippen molar-refractivity contribution >= 4 is 0 Å². The molecule has 21 heavy (non-hydrogen) atoms. The molecule has 2 unspecified atom stereocenters. The largest absolute Gasteiger partial charge is 0.389 e. The zero-order valence-electron chi connectivity index (χ0n) is 13.6. The van der Waals surface area contributed by atoms with Gasteiger partial charge in [-0.25, -0.2) is 0 Å². The highest BCUT2D eigenvalue weighted by molar-refractivity contribution is 4.84. The first-order valence-electron chi connectivity index (χ1n) is 8.90. The van der Waals surface area contributed by atoms with Crippen molar-refractivity contribution < 1.29 is 10.2 Å². The van der Waals surface area contributed by atoms with Crippen molar-refractivity contribution in [2.45, 2.75) is 76.5 Å². The minimum absolute atomic E-state index is 0.285. The van der Waals surface area contributed by atoms with Crippen LogP contribution in [0.4, 0.5) is 0 Å². The number of nitrogens with zero attached hydrogens (tertiary/aromatic N) is 1. The van der Waals surface area contributed by atoms with Crippen molar-refractivity contribution in [3.05, 3.63) is 0 Å². The number of aliphatic hydroxyl groups is 2. The Balaban J connectivity index is 1.71. The fourth-order valence-electron chi connectivity index (χ4n) is 3.85. The maximum absolute atomic E-state index is 10.3. The van der Waals surface area contributed by atoms with Crippen LogP contribution in [-0.2, 0) is 0 Å². The van der Waals surface area contributed by atoms with Gasteiger partial charge in [0.1, 0.15) is 0 Å². The summed E-state index contributed by atoms with van der Waals surface area (Å²) in [5, 5.41) is 20.6. The minimum atomic E-state index is -0.786. The van der Waals surface area contributed by atoms with Gasteiger partial charge in [-0.1, -0.05) is 39.0 Å². The number of rotatable bonds is 6. The first kappa shape index (κ1) is 17.2. The zero-order valence-corrected chi connectivity index (χ0v) is 13.6. The lowest BCUT2D eigenvalue weighted by Gasteiger charge is -2.34. The first-order chi connectivity index (χ1) is 10.1. The highest BCUT2D eigenvalue weighted by atomic mass is 16.3. The number of hydrogen-bond acceptors (Lipinski definition) is 4. The second-order valence-electron chi connectivity index (χ2n) is 7.44. The first-order valence-corrected chi connectivity index (χ1v) is 8.90. The number of β-amino-alcohol motifs (C(OH)–C–C–N with tert-alkyl or cyclic N) is 1. The molecule has 0 aromatic heterocycles. The van der Waals surface area contributed by atoms with E-state index in [0.29, 0.717) is 12.5 Å². The zero-order chi connectivity index (χ0) is 15.2. The molecular formula is C17H34N2O2. The van der Waals surface area contributed by atoms with Gasteiger partial charge in [0, 0.05) is 12.6 Å². The van der Waals surface area contributed by atoms with Crippen LogP contribution in [0.1, 0.15) is 58.3 Å². The lowest BCUT2D eigenvalue weighted by Crippen LogP contribution is -2.49. The fraction of sp³-hybridized carbons (Fsp3) is 1.00. The van der Waals surface area contributed by atoms with E-state index in [2.05, 4.69) is 11.8 Å². The molecule has 1 saturated heterocycles. The average Bonchev–Trinajstić information content (AvgIpc) is 2.49. The summed E-state index contributed by atoms with van der Waals surface area (Å²) >= 11 is 0. The van der Waals surface area contributed by atoms with Gasteiger partial charge in [0.2, 0.25) is 0 Å². The molecule has 0 aromatic rings. The molecule has 1 aliphatic heterocycles. The number of likely N-dealkylation sites (tertiary alicyclic amines) is 1. The van der Waals surface area contributed by atoms with Gasteiger partial charge in [-0.05, 0) is 44.2 Å². The van der Waals surface area contributed by atoms with Crippen LogP contribution in [0.2, 0.25) is 0 Å². The second kappa shape index (κ2) is 8.47. The van der Waals surface area contributed by atoms with Crippen molar-refractivity contribution in [2.75, 3.05) is 19.6 Å². The molecule has 2 aliphatic rings. The second-order valence-corrected chi connectivity index (χ2v) is 7.44. The van der Waals surface area contributed by atoms with E-state index in [1.54, 1.807) is 0 Å². The number of nitrogens with two attached hydrogens (primary N) is 1. The highest BCUT2D eigenvalue weighted by Gasteiger charge is 2.28. The molecule has 124 valence electrons. The third-order valence-electron chi connectivity index (χ3n) is 5.48. The molecular weight excluding hydrogens is 264 g/mol. The van der Waals surface area contributed by atoms with E-state index < -0.39 is 12.2 Å². The van der Waals surface area contributed by atoms with Crippen LogP contribution >= 0.6 is 0 Å². The molecule has 4 N–H and O–H groups in total. The van der Waals surface area contributed by atoms with Gasteiger partial charge in [-0.3, -0.25) is 0 Å². The Morgan fingerprint density at radius 1 is 1.05 bits per heavy atom. The molecule has 4 nitrogen and oxygen atoms in total. The van der Waals surface area contributed by atoms with E-state index in [0.717, 1.165) is 25.4 Å². The van der Waals surface area contributed by atoms with E-state index >= 15 is 0 Å². The standard InChI is InChI=1S/C17H34N2O2/c1-13-7-9-19(10-8-13)12-16(20)17(21)15(18)11-14-5-3-2-4-6-14/h13-17,20-21H,2-12,18H2,1H3/t15-,16?,17?/m0/s1. The van der Waals surface area contributed by atoms with Crippen LogP contribution < -0.4 is 5.73 Å². The van der Waals surface area contributed by atoms with Crippen molar-refractivity contribution in [3.63, 3.8) is 0 Å². The lowest BCUT2D eigenvalue weighted by molar-refractivity contribution is -0.0236. The summed E-state index contributed by atoms with van der Waals surface area (Å²) in [6.45, 7) is 4.90. The van der Waals surface area contributed by atoms with Gasteiger partial charge < -0.3 is 20.8 Å². The molecule has 0 radical (unpaired) electrons. The smallest absolute Gasteiger partial charge is 0.0962 e. The van der Waals surface area contributed by atoms with Gasteiger partial charge in [-0.15, -0.1) is 0 Å². The molecule has 2 rings (SSSR count). The monoisotopic (exact) mass is 298 g/mol. The normalized spacial score (nSPS) is 27.4. The van der Waals surface area contributed by atoms with Gasteiger partial charge in [0.05, 0.1) is 12.2 Å². The molecule has 2 fully saturated rings. The number of hydrogen-bond donors (Lipinski definition) is 3. The Labute approximate surface area is 129 Å². The van der Waals surface area contributed by atoms with Crippen LogP contribution in [0.15, 0.2) is 0 Å². The Kier molecular flexibility index (Phi) is 6.93. The summed E-state index contributed by atoms with van der Waals surface area (Å²) < 4.78 is 0. The van der Waals surface area contributed by atoms with E-state index in [1.807, 2.05) is 0 Å². The molecule has 0 aromatic carbocycles. The van der Waals surface area contributed by atoms with Gasteiger partial charge in [-0.2, -0.15) is 0 Å². The fourth-order valence-corrected chi connectivity index (χ4v) is 3.85. The van der Waals surface area contributed by atoms with Crippen molar-refractivity contribution in [1.29, 1.82) is 0 Å². The van der Waals surface area contributed by atoms with Crippen molar-refractivity contribution in [1.82, 2.24) is 4.90 Å². The van der Waals surface area contributed by atoms with Crippen LogP contribution in [0, 0.1) is 11.8 Å². The Bertz CT molecular complexity index is 287. The molecule has 1 aliphatic carbocycles. The average molecular weight is 298 g/mol. The van der Waals surface area contributed by atoms with Gasteiger partial charge in [0.25, 0.3) is 0 Å². The van der Waals surface area contributed by atoms with Crippen molar-refractivity contribution in [3.8, 4) is 0 Å². The van der Waals surface area contributed by atoms with E-state index in [9.17, 15) is 10.2 Å². The molecule has 4 heteroatoms. The topological polar surface area (TPSA) is 69.7 Å². The third-order valence-corrected chi connectivity index (χ3v) is 5.48. The highest BCUT2D eigenvalue weighted by Crippen LogP contribution is 2.28. The molecule has 1 heterocycles. The van der Waals surface area contributed by atoms with Crippen LogP contribution in [0.5, 0.6) is 0 Å². The van der Waals surface area contributed by atoms with Crippen LogP contribution in [-0.4, -0.2) is 53.0 Å². The van der Waals surface area contributed by atoms with Crippen molar-refractivity contribution in [2.24, 2.45) is 17.6 Å². The summed E-state index contributed by atoms with van der Waals surface area (Å²) in [5.74, 6) is 1.43. The predicted molar refractivity (Wildman–Crippen MR) is 86.0 cm³/mol. The summed E-state index contributed by atoms with van der Waals surface area (Å²) in [6.07, 6.45) is 8.14. The van der Waals surface area contributed by atoms with Crippen LogP contribution in [0.25, 0.3) is 0 Å². The molecule has 0 spiro atoms. The summed E-state index contributed by atoms with van der Waals surface area (Å²) in [5.41, 5.74) is 6.15. The number of piperidine rings is 1. The maximum atomic E-state index is 10.3. The van der Waals surface area contributed by atoms with Crippen LogP contribution in [0.3, 0.4) is 0 Å². The maximum Gasteiger partial charge on any atom is 0.0962 e. The van der Waals surface area contributed by atoms with Gasteiger partial charge >= 0.3 is 0 Å². The van der Waals surface area contributed by atoms with E-state index in [4.69, 9.17) is 5.73 Å². The molecule has 1 saturated carbocycles. The minimum Gasteiger partial charge on any atom is -0.389 e. The molecule has 3 atom stereocenters. The molecule has 0 amide bonds. The summed E-state index contributed by atoms with van der Waals surface area (Å²) in [6, 6.07) is -0.285. The quantitative estimate of drug-likeness (QED) is 0.698. The Morgan fingerprint density at radius 2 is 1.67 bits per heavy atom. The Morgan fingerprint density at radius 3 is 2.29 bits per heavy atom. The van der Waals surface area contributed by atoms with E-state index in [-0.39, 0.29) is 6.04 Å². The SMILES string of the molecule is CC1CCN(CC(O)C(O)[C@@H](N)CC2CCCCC2)CC1. The predicted octanol–water partition coefficient (Wildman–Crippen LogP) is 1.74. The summed E-state index contributed by atoms with van der Waals surface area (Å²) in [4.78, 5) is 2.27. The molecule has 0 bridgehead atoms. The number of aliphatic hydroxyl groups excluding tert-OH is 2. The van der Waals surface area contributed by atoms with E-state index in [1.165, 1.54) is 44.9 Å². The summed E-state index contributed by atoms with van der Waals surface area (Å²) in [7, 11) is 0.